The number of aliphatic hydroxyl groups excluding tert-OH is 1. The smallest absolute Gasteiger partial charge is 0.181 e. The molecular formula is C12H19NO3S. The molecule has 0 fully saturated rings. The number of nitrogens with two attached hydrogens (primary N) is 1. The zero-order valence-corrected chi connectivity index (χ0v) is 11.2. The highest BCUT2D eigenvalue weighted by Crippen LogP contribution is 2.20. The van der Waals surface area contributed by atoms with Crippen LogP contribution < -0.4 is 5.73 Å². The summed E-state index contributed by atoms with van der Waals surface area (Å²) in [6.07, 6.45) is -0.850. The summed E-state index contributed by atoms with van der Waals surface area (Å²) in [6.45, 7) is 5.27. The van der Waals surface area contributed by atoms with Crippen molar-refractivity contribution in [2.75, 3.05) is 11.5 Å². The Labute approximate surface area is 102 Å². The van der Waals surface area contributed by atoms with Crippen molar-refractivity contribution < 1.29 is 13.5 Å². The molecule has 17 heavy (non-hydrogen) atoms. The molecule has 1 rings (SSSR count). The monoisotopic (exact) mass is 257 g/mol. The van der Waals surface area contributed by atoms with E-state index in [2.05, 4.69) is 0 Å². The summed E-state index contributed by atoms with van der Waals surface area (Å²) in [5.74, 6) is -0.339. The first-order chi connectivity index (χ1) is 7.74. The standard InChI is InChI=1S/C12H19NO3S/c1-8(2)11(14)7-17(15,16)12-5-4-10(13)6-9(12)3/h4-6,8,11,14H,7,13H2,1-3H3. The topological polar surface area (TPSA) is 80.4 Å². The Kier molecular flexibility index (Phi) is 4.16. The van der Waals surface area contributed by atoms with E-state index in [1.54, 1.807) is 32.9 Å². The molecule has 0 bridgehead atoms. The van der Waals surface area contributed by atoms with Gasteiger partial charge in [-0.3, -0.25) is 0 Å². The van der Waals surface area contributed by atoms with Crippen molar-refractivity contribution in [2.45, 2.75) is 31.8 Å². The van der Waals surface area contributed by atoms with Crippen LogP contribution in [0.15, 0.2) is 23.1 Å². The second-order valence-electron chi connectivity index (χ2n) is 4.62. The molecule has 0 aromatic heterocycles. The molecule has 0 aliphatic rings. The highest BCUT2D eigenvalue weighted by atomic mass is 32.2. The molecule has 1 aromatic carbocycles. The molecule has 3 N–H and O–H groups in total. The molecule has 0 spiro atoms. The van der Waals surface area contributed by atoms with Gasteiger partial charge >= 0.3 is 0 Å². The predicted octanol–water partition coefficient (Wildman–Crippen LogP) is 1.37. The number of hydrogen-bond donors (Lipinski definition) is 2. The fourth-order valence-corrected chi connectivity index (χ4v) is 3.37. The van der Waals surface area contributed by atoms with Gasteiger partial charge in [0.15, 0.2) is 9.84 Å². The van der Waals surface area contributed by atoms with Gasteiger partial charge in [-0.15, -0.1) is 0 Å². The van der Waals surface area contributed by atoms with Gasteiger partial charge in [0.25, 0.3) is 0 Å². The van der Waals surface area contributed by atoms with Gasteiger partial charge in [-0.2, -0.15) is 0 Å². The molecule has 1 unspecified atom stereocenters. The zero-order valence-electron chi connectivity index (χ0n) is 10.3. The van der Waals surface area contributed by atoms with Gasteiger partial charge in [0.05, 0.1) is 16.8 Å². The Balaban J connectivity index is 3.06. The number of benzene rings is 1. The third kappa shape index (κ3) is 3.44. The second kappa shape index (κ2) is 5.06. The van der Waals surface area contributed by atoms with E-state index in [0.717, 1.165) is 0 Å². The van der Waals surface area contributed by atoms with E-state index in [1.807, 2.05) is 0 Å². The van der Waals surface area contributed by atoms with Crippen LogP contribution in [0.25, 0.3) is 0 Å². The average Bonchev–Trinajstić information content (AvgIpc) is 2.15. The van der Waals surface area contributed by atoms with Crippen molar-refractivity contribution in [3.05, 3.63) is 23.8 Å². The van der Waals surface area contributed by atoms with Crippen LogP contribution in [0.1, 0.15) is 19.4 Å². The molecule has 5 heteroatoms. The fourth-order valence-electron chi connectivity index (χ4n) is 1.53. The number of sulfone groups is 1. The van der Waals surface area contributed by atoms with E-state index in [1.165, 1.54) is 6.07 Å². The lowest BCUT2D eigenvalue weighted by atomic mass is 10.1. The number of nitrogen functional groups attached to an aromatic ring is 1. The number of aliphatic hydroxyl groups is 1. The second-order valence-corrected chi connectivity index (χ2v) is 6.62. The third-order valence-corrected chi connectivity index (χ3v) is 4.60. The molecule has 0 saturated heterocycles. The van der Waals surface area contributed by atoms with Gasteiger partial charge in [0.1, 0.15) is 0 Å². The van der Waals surface area contributed by atoms with E-state index in [0.29, 0.717) is 11.3 Å². The van der Waals surface area contributed by atoms with Crippen LogP contribution >= 0.6 is 0 Å². The van der Waals surface area contributed by atoms with Crippen molar-refractivity contribution in [3.8, 4) is 0 Å². The fraction of sp³-hybridized carbons (Fsp3) is 0.500. The highest BCUT2D eigenvalue weighted by Gasteiger charge is 2.23. The van der Waals surface area contributed by atoms with Crippen molar-refractivity contribution in [3.63, 3.8) is 0 Å². The van der Waals surface area contributed by atoms with Crippen molar-refractivity contribution >= 4 is 15.5 Å². The van der Waals surface area contributed by atoms with Crippen LogP contribution in [0.3, 0.4) is 0 Å². The average molecular weight is 257 g/mol. The Morgan fingerprint density at radius 3 is 2.41 bits per heavy atom. The highest BCUT2D eigenvalue weighted by molar-refractivity contribution is 7.91. The number of hydrogen-bond acceptors (Lipinski definition) is 4. The van der Waals surface area contributed by atoms with E-state index in [4.69, 9.17) is 5.73 Å². The van der Waals surface area contributed by atoms with Gasteiger partial charge in [-0.05, 0) is 36.6 Å². The van der Waals surface area contributed by atoms with E-state index in [9.17, 15) is 13.5 Å². The van der Waals surface area contributed by atoms with Crippen LogP contribution in [-0.4, -0.2) is 25.4 Å². The lowest BCUT2D eigenvalue weighted by Crippen LogP contribution is -2.26. The van der Waals surface area contributed by atoms with Crippen LogP contribution in [0.4, 0.5) is 5.69 Å². The Hall–Kier alpha value is -1.07. The quantitative estimate of drug-likeness (QED) is 0.798. The summed E-state index contributed by atoms with van der Waals surface area (Å²) < 4.78 is 24.2. The maximum absolute atomic E-state index is 12.1. The first kappa shape index (κ1) is 14.0. The van der Waals surface area contributed by atoms with Gasteiger partial charge in [0.2, 0.25) is 0 Å². The molecular weight excluding hydrogens is 238 g/mol. The number of aryl methyl sites for hydroxylation is 1. The molecule has 1 atom stereocenters. The van der Waals surface area contributed by atoms with Crippen LogP contribution in [0, 0.1) is 12.8 Å². The maximum Gasteiger partial charge on any atom is 0.181 e. The lowest BCUT2D eigenvalue weighted by molar-refractivity contribution is 0.147. The maximum atomic E-state index is 12.1. The first-order valence-electron chi connectivity index (χ1n) is 5.51. The summed E-state index contributed by atoms with van der Waals surface area (Å²) in [6, 6.07) is 4.67. The van der Waals surface area contributed by atoms with E-state index >= 15 is 0 Å². The zero-order chi connectivity index (χ0) is 13.2. The molecule has 0 aliphatic carbocycles. The Bertz CT molecular complexity index is 494. The molecule has 96 valence electrons. The molecule has 0 aliphatic heterocycles. The van der Waals surface area contributed by atoms with Crippen LogP contribution in [0.5, 0.6) is 0 Å². The van der Waals surface area contributed by atoms with Gasteiger partial charge in [-0.25, -0.2) is 8.42 Å². The van der Waals surface area contributed by atoms with Gasteiger partial charge < -0.3 is 10.8 Å². The molecule has 0 heterocycles. The third-order valence-electron chi connectivity index (χ3n) is 2.69. The first-order valence-corrected chi connectivity index (χ1v) is 7.16. The molecule has 1 aromatic rings. The minimum atomic E-state index is -3.46. The summed E-state index contributed by atoms with van der Waals surface area (Å²) in [5, 5.41) is 9.67. The molecule has 0 saturated carbocycles. The van der Waals surface area contributed by atoms with Crippen LogP contribution in [-0.2, 0) is 9.84 Å². The van der Waals surface area contributed by atoms with Crippen LogP contribution in [0.2, 0.25) is 0 Å². The number of rotatable bonds is 4. The molecule has 0 amide bonds. The summed E-state index contributed by atoms with van der Waals surface area (Å²) in [7, 11) is -3.46. The van der Waals surface area contributed by atoms with Crippen molar-refractivity contribution in [1.29, 1.82) is 0 Å². The van der Waals surface area contributed by atoms with Gasteiger partial charge in [-0.1, -0.05) is 13.8 Å². The Morgan fingerprint density at radius 1 is 1.35 bits per heavy atom. The largest absolute Gasteiger partial charge is 0.399 e. The summed E-state index contributed by atoms with van der Waals surface area (Å²) in [5.41, 5.74) is 6.72. The molecule has 4 nitrogen and oxygen atoms in total. The molecule has 0 radical (unpaired) electrons. The summed E-state index contributed by atoms with van der Waals surface area (Å²) in [4.78, 5) is 0.242. The van der Waals surface area contributed by atoms with Gasteiger partial charge in [0, 0.05) is 5.69 Å². The normalized spacial score (nSPS) is 13.9. The summed E-state index contributed by atoms with van der Waals surface area (Å²) >= 11 is 0. The predicted molar refractivity (Wildman–Crippen MR) is 68.5 cm³/mol. The Morgan fingerprint density at radius 2 is 1.94 bits per heavy atom. The minimum absolute atomic E-state index is 0.0844. The van der Waals surface area contributed by atoms with E-state index < -0.39 is 15.9 Å². The minimum Gasteiger partial charge on any atom is -0.399 e. The lowest BCUT2D eigenvalue weighted by Gasteiger charge is -2.15. The van der Waals surface area contributed by atoms with E-state index in [-0.39, 0.29) is 16.6 Å². The van der Waals surface area contributed by atoms with Crippen molar-refractivity contribution in [2.24, 2.45) is 5.92 Å². The SMILES string of the molecule is Cc1cc(N)ccc1S(=O)(=O)CC(O)C(C)C. The number of anilines is 1. The van der Waals surface area contributed by atoms with Crippen molar-refractivity contribution in [1.82, 2.24) is 0 Å².